The minimum absolute atomic E-state index is 0.204. The second-order valence-corrected chi connectivity index (χ2v) is 7.31. The van der Waals surface area contributed by atoms with Crippen molar-refractivity contribution in [3.05, 3.63) is 83.8 Å². The van der Waals surface area contributed by atoms with Crippen LogP contribution in [0.2, 0.25) is 5.02 Å². The fourth-order valence-corrected chi connectivity index (χ4v) is 3.63. The van der Waals surface area contributed by atoms with Gasteiger partial charge in [-0.2, -0.15) is 10.3 Å². The molecule has 0 bridgehead atoms. The van der Waals surface area contributed by atoms with Gasteiger partial charge in [0.1, 0.15) is 18.2 Å². The highest BCUT2D eigenvalue weighted by atomic mass is 35.5. The molecule has 1 aromatic carbocycles. The summed E-state index contributed by atoms with van der Waals surface area (Å²) >= 11 is 7.44. The standard InChI is InChI=1S/C19H16ClN5O3S/c1-2-23-11-14(9-21)17(27)25(19(23)28)12-16(26)22-18-24(7-8-29-18)10-13-5-3-4-6-15(13)20/h3-8,11H,2,10,12H2,1H3. The van der Waals surface area contributed by atoms with Gasteiger partial charge in [0.25, 0.3) is 11.5 Å². The van der Waals surface area contributed by atoms with Crippen LogP contribution in [0.3, 0.4) is 0 Å². The average Bonchev–Trinajstić information content (AvgIpc) is 3.13. The number of aryl methyl sites for hydroxylation is 1. The lowest BCUT2D eigenvalue weighted by Crippen LogP contribution is -2.42. The summed E-state index contributed by atoms with van der Waals surface area (Å²) in [6.07, 6.45) is 2.96. The van der Waals surface area contributed by atoms with Crippen molar-refractivity contribution in [2.75, 3.05) is 0 Å². The predicted molar refractivity (Wildman–Crippen MR) is 109 cm³/mol. The predicted octanol–water partition coefficient (Wildman–Crippen LogP) is 1.59. The van der Waals surface area contributed by atoms with E-state index in [1.165, 1.54) is 22.1 Å². The lowest BCUT2D eigenvalue weighted by atomic mass is 10.2. The maximum atomic E-state index is 12.5. The van der Waals surface area contributed by atoms with Gasteiger partial charge in [-0.25, -0.2) is 9.36 Å². The molecule has 0 aliphatic carbocycles. The van der Waals surface area contributed by atoms with Crippen molar-refractivity contribution in [3.63, 3.8) is 0 Å². The first-order chi connectivity index (χ1) is 13.9. The van der Waals surface area contributed by atoms with Crippen LogP contribution in [0.15, 0.2) is 56.6 Å². The summed E-state index contributed by atoms with van der Waals surface area (Å²) in [6, 6.07) is 9.09. The van der Waals surface area contributed by atoms with Crippen LogP contribution < -0.4 is 16.1 Å². The molecule has 8 nitrogen and oxygen atoms in total. The smallest absolute Gasteiger partial charge is 0.319 e. The molecular formula is C19H16ClN5O3S. The number of carbonyl (C=O) groups is 1. The molecule has 0 spiro atoms. The maximum Gasteiger partial charge on any atom is 0.331 e. The first-order valence-electron chi connectivity index (χ1n) is 8.64. The van der Waals surface area contributed by atoms with Crippen LogP contribution in [-0.4, -0.2) is 19.6 Å². The molecule has 3 rings (SSSR count). The number of thiazole rings is 1. The molecule has 2 aromatic heterocycles. The highest BCUT2D eigenvalue weighted by Gasteiger charge is 2.14. The first kappa shape index (κ1) is 20.5. The van der Waals surface area contributed by atoms with Crippen molar-refractivity contribution >= 4 is 28.8 Å². The van der Waals surface area contributed by atoms with Gasteiger partial charge >= 0.3 is 5.69 Å². The van der Waals surface area contributed by atoms with Crippen LogP contribution in [0.5, 0.6) is 0 Å². The normalized spacial score (nSPS) is 11.4. The van der Waals surface area contributed by atoms with E-state index in [0.29, 0.717) is 16.4 Å². The Kier molecular flexibility index (Phi) is 6.26. The lowest BCUT2D eigenvalue weighted by Gasteiger charge is -2.07. The van der Waals surface area contributed by atoms with Gasteiger partial charge in [-0.05, 0) is 18.6 Å². The zero-order valence-corrected chi connectivity index (χ0v) is 17.0. The van der Waals surface area contributed by atoms with E-state index >= 15 is 0 Å². The van der Waals surface area contributed by atoms with Gasteiger partial charge in [0.15, 0.2) is 4.80 Å². The van der Waals surface area contributed by atoms with Crippen molar-refractivity contribution in [2.24, 2.45) is 4.99 Å². The molecule has 0 radical (unpaired) electrons. The Balaban J connectivity index is 1.93. The molecule has 0 aliphatic rings. The number of aromatic nitrogens is 3. The second kappa shape index (κ2) is 8.86. The van der Waals surface area contributed by atoms with E-state index in [2.05, 4.69) is 4.99 Å². The Bertz CT molecular complexity index is 1290. The number of nitriles is 1. The van der Waals surface area contributed by atoms with Gasteiger partial charge in [-0.3, -0.25) is 14.2 Å². The van der Waals surface area contributed by atoms with Crippen LogP contribution in [0, 0.1) is 11.3 Å². The van der Waals surface area contributed by atoms with Crippen molar-refractivity contribution in [1.82, 2.24) is 13.7 Å². The van der Waals surface area contributed by atoms with E-state index in [4.69, 9.17) is 16.9 Å². The molecular weight excluding hydrogens is 414 g/mol. The molecule has 148 valence electrons. The molecule has 0 atom stereocenters. The highest BCUT2D eigenvalue weighted by Crippen LogP contribution is 2.15. The summed E-state index contributed by atoms with van der Waals surface area (Å²) in [5.74, 6) is -0.669. The van der Waals surface area contributed by atoms with E-state index in [0.717, 1.165) is 10.1 Å². The monoisotopic (exact) mass is 429 g/mol. The third-order valence-electron chi connectivity index (χ3n) is 4.17. The molecule has 0 unspecified atom stereocenters. The van der Waals surface area contributed by atoms with Crippen molar-refractivity contribution in [2.45, 2.75) is 26.6 Å². The van der Waals surface area contributed by atoms with Crippen LogP contribution >= 0.6 is 22.9 Å². The summed E-state index contributed by atoms with van der Waals surface area (Å²) in [5.41, 5.74) is -0.801. The topological polar surface area (TPSA) is 102 Å². The number of rotatable bonds is 5. The Morgan fingerprint density at radius 3 is 2.72 bits per heavy atom. The molecule has 0 saturated carbocycles. The highest BCUT2D eigenvalue weighted by molar-refractivity contribution is 7.07. The molecule has 3 aromatic rings. The van der Waals surface area contributed by atoms with E-state index < -0.39 is 23.7 Å². The van der Waals surface area contributed by atoms with Gasteiger partial charge < -0.3 is 4.57 Å². The number of benzene rings is 1. The molecule has 0 saturated heterocycles. The zero-order valence-electron chi connectivity index (χ0n) is 15.4. The Hall–Kier alpha value is -3.22. The lowest BCUT2D eigenvalue weighted by molar-refractivity contribution is -0.118. The number of hydrogen-bond donors (Lipinski definition) is 0. The summed E-state index contributed by atoms with van der Waals surface area (Å²) < 4.78 is 3.69. The van der Waals surface area contributed by atoms with Gasteiger partial charge in [0.2, 0.25) is 0 Å². The SMILES string of the molecule is CCn1cc(C#N)c(=O)n(CC(=O)N=c2sccn2Cc2ccccc2Cl)c1=O. The maximum absolute atomic E-state index is 12.5. The van der Waals surface area contributed by atoms with Crippen molar-refractivity contribution in [3.8, 4) is 6.07 Å². The van der Waals surface area contributed by atoms with Crippen LogP contribution in [-0.2, 0) is 24.4 Å². The minimum Gasteiger partial charge on any atom is -0.319 e. The summed E-state index contributed by atoms with van der Waals surface area (Å²) in [6.45, 7) is 1.84. The summed E-state index contributed by atoms with van der Waals surface area (Å²) in [4.78, 5) is 41.6. The van der Waals surface area contributed by atoms with Gasteiger partial charge in [0, 0.05) is 29.3 Å². The van der Waals surface area contributed by atoms with Crippen LogP contribution in [0.4, 0.5) is 0 Å². The third kappa shape index (κ3) is 4.45. The first-order valence-corrected chi connectivity index (χ1v) is 9.89. The van der Waals surface area contributed by atoms with E-state index in [-0.39, 0.29) is 12.1 Å². The van der Waals surface area contributed by atoms with E-state index in [1.54, 1.807) is 35.2 Å². The molecule has 0 fully saturated rings. The number of carbonyl (C=O) groups excluding carboxylic acids is 1. The van der Waals surface area contributed by atoms with Gasteiger partial charge in [-0.1, -0.05) is 29.8 Å². The average molecular weight is 430 g/mol. The van der Waals surface area contributed by atoms with Crippen LogP contribution in [0.1, 0.15) is 18.1 Å². The fraction of sp³-hybridized carbons (Fsp3) is 0.211. The molecule has 0 N–H and O–H groups in total. The Morgan fingerprint density at radius 2 is 2.03 bits per heavy atom. The van der Waals surface area contributed by atoms with E-state index in [1.807, 2.05) is 18.2 Å². The number of hydrogen-bond acceptors (Lipinski definition) is 5. The largest absolute Gasteiger partial charge is 0.331 e. The van der Waals surface area contributed by atoms with Gasteiger partial charge in [-0.15, -0.1) is 11.3 Å². The zero-order chi connectivity index (χ0) is 21.0. The number of nitrogens with zero attached hydrogens (tertiary/aromatic N) is 5. The number of halogens is 1. The molecule has 0 aliphatic heterocycles. The molecule has 29 heavy (non-hydrogen) atoms. The Morgan fingerprint density at radius 1 is 1.28 bits per heavy atom. The second-order valence-electron chi connectivity index (χ2n) is 6.02. The van der Waals surface area contributed by atoms with Crippen molar-refractivity contribution in [1.29, 1.82) is 5.26 Å². The summed E-state index contributed by atoms with van der Waals surface area (Å²) in [5, 5.41) is 11.5. The number of amides is 1. The summed E-state index contributed by atoms with van der Waals surface area (Å²) in [7, 11) is 0. The molecule has 1 amide bonds. The van der Waals surface area contributed by atoms with Crippen LogP contribution in [0.25, 0.3) is 0 Å². The molecule has 10 heteroatoms. The minimum atomic E-state index is -0.805. The van der Waals surface area contributed by atoms with Crippen molar-refractivity contribution < 1.29 is 4.79 Å². The quantitative estimate of drug-likeness (QED) is 0.614. The molecule has 2 heterocycles. The van der Waals surface area contributed by atoms with Gasteiger partial charge in [0.05, 0.1) is 6.54 Å². The Labute approximate surface area is 174 Å². The third-order valence-corrected chi connectivity index (χ3v) is 5.33. The van der Waals surface area contributed by atoms with E-state index in [9.17, 15) is 14.4 Å². The fourth-order valence-electron chi connectivity index (χ4n) is 2.69.